The Hall–Kier alpha value is -0.860. The highest BCUT2D eigenvalue weighted by Gasteiger charge is 2.37. The molecule has 1 aromatic rings. The van der Waals surface area contributed by atoms with Gasteiger partial charge in [0.1, 0.15) is 5.82 Å². The van der Waals surface area contributed by atoms with Crippen molar-refractivity contribution in [2.45, 2.75) is 42.1 Å². The van der Waals surface area contributed by atoms with Crippen LogP contribution in [0.1, 0.15) is 25.7 Å². The lowest BCUT2D eigenvalue weighted by atomic mass is 10.1. The third-order valence-electron chi connectivity index (χ3n) is 3.91. The van der Waals surface area contributed by atoms with Crippen LogP contribution in [0.3, 0.4) is 0 Å². The fraction of sp³-hybridized carbons (Fsp3) is 0.692. The molecule has 1 saturated heterocycles. The molecule has 2 fully saturated rings. The molecule has 0 spiro atoms. The number of hydrogen-bond donors (Lipinski definition) is 1. The minimum atomic E-state index is -3.08. The summed E-state index contributed by atoms with van der Waals surface area (Å²) in [6.45, 7) is 1.64. The molecule has 0 bridgehead atoms. The van der Waals surface area contributed by atoms with Crippen molar-refractivity contribution in [2.24, 2.45) is 0 Å². The highest BCUT2D eigenvalue weighted by molar-refractivity contribution is 7.98. The van der Waals surface area contributed by atoms with Gasteiger partial charge in [0.05, 0.1) is 5.25 Å². The molecule has 0 aromatic carbocycles. The molecule has 116 valence electrons. The number of thioether (sulfide) groups is 1. The topological polar surface area (TPSA) is 75.2 Å². The quantitative estimate of drug-likeness (QED) is 0.648. The molecule has 2 heterocycles. The molecule has 8 heteroatoms. The molecule has 1 N–H and O–H groups in total. The smallest absolute Gasteiger partial charge is 0.214 e. The molecule has 21 heavy (non-hydrogen) atoms. The van der Waals surface area contributed by atoms with Gasteiger partial charge in [-0.2, -0.15) is 0 Å². The van der Waals surface area contributed by atoms with E-state index in [4.69, 9.17) is 0 Å². The predicted octanol–water partition coefficient (Wildman–Crippen LogP) is 1.25. The second-order valence-electron chi connectivity index (χ2n) is 5.53. The number of sulfonamides is 1. The molecule has 1 saturated carbocycles. The van der Waals surface area contributed by atoms with E-state index in [1.807, 2.05) is 12.3 Å². The lowest BCUT2D eigenvalue weighted by Crippen LogP contribution is -2.45. The summed E-state index contributed by atoms with van der Waals surface area (Å²) in [5.41, 5.74) is 0. The van der Waals surface area contributed by atoms with Crippen molar-refractivity contribution in [3.63, 3.8) is 0 Å². The molecule has 3 rings (SSSR count). The first kappa shape index (κ1) is 15.1. The minimum absolute atomic E-state index is 0.0636. The molecule has 0 atom stereocenters. The monoisotopic (exact) mass is 328 g/mol. The second-order valence-corrected chi connectivity index (χ2v) is 8.29. The molecule has 0 radical (unpaired) electrons. The fourth-order valence-corrected chi connectivity index (χ4v) is 4.54. The van der Waals surface area contributed by atoms with Crippen LogP contribution in [0.4, 0.5) is 5.82 Å². The van der Waals surface area contributed by atoms with E-state index in [0.717, 1.165) is 49.7 Å². The third-order valence-corrected chi connectivity index (χ3v) is 6.49. The average molecular weight is 328 g/mol. The van der Waals surface area contributed by atoms with Crippen LogP contribution in [0.25, 0.3) is 0 Å². The first-order valence-electron chi connectivity index (χ1n) is 7.21. The maximum absolute atomic E-state index is 11.9. The third kappa shape index (κ3) is 3.67. The fourth-order valence-electron chi connectivity index (χ4n) is 2.54. The van der Waals surface area contributed by atoms with Gasteiger partial charge in [-0.1, -0.05) is 11.8 Å². The van der Waals surface area contributed by atoms with Gasteiger partial charge in [-0.3, -0.25) is 0 Å². The molecule has 6 nitrogen and oxygen atoms in total. The summed E-state index contributed by atoms with van der Waals surface area (Å²) in [7, 11) is -3.08. The van der Waals surface area contributed by atoms with Crippen molar-refractivity contribution in [1.29, 1.82) is 0 Å². The van der Waals surface area contributed by atoms with E-state index in [-0.39, 0.29) is 11.3 Å². The van der Waals surface area contributed by atoms with E-state index in [1.54, 1.807) is 6.20 Å². The summed E-state index contributed by atoms with van der Waals surface area (Å²) in [5.74, 6) is 0.929. The van der Waals surface area contributed by atoms with E-state index in [2.05, 4.69) is 19.6 Å². The zero-order chi connectivity index (χ0) is 14.9. The van der Waals surface area contributed by atoms with Gasteiger partial charge in [-0.15, -0.1) is 0 Å². The average Bonchev–Trinajstić information content (AvgIpc) is 3.33. The lowest BCUT2D eigenvalue weighted by Gasteiger charge is -2.33. The molecular weight excluding hydrogens is 308 g/mol. The summed E-state index contributed by atoms with van der Waals surface area (Å²) in [4.78, 5) is 10.9. The van der Waals surface area contributed by atoms with E-state index >= 15 is 0 Å². The molecule has 1 aliphatic heterocycles. The van der Waals surface area contributed by atoms with Crippen LogP contribution in [-0.4, -0.2) is 49.0 Å². The normalized spacial score (nSPS) is 20.7. The van der Waals surface area contributed by atoms with Gasteiger partial charge in [-0.05, 0) is 38.0 Å². The molecule has 0 amide bonds. The number of nitrogens with one attached hydrogen (secondary N) is 1. The van der Waals surface area contributed by atoms with Crippen LogP contribution in [0, 0.1) is 0 Å². The number of piperidine rings is 1. The highest BCUT2D eigenvalue weighted by atomic mass is 32.2. The highest BCUT2D eigenvalue weighted by Crippen LogP contribution is 2.28. The Morgan fingerprint density at radius 3 is 2.62 bits per heavy atom. The number of nitrogens with zero attached hydrogens (tertiary/aromatic N) is 3. The molecule has 0 unspecified atom stereocenters. The van der Waals surface area contributed by atoms with Crippen molar-refractivity contribution < 1.29 is 8.42 Å². The van der Waals surface area contributed by atoms with Crippen LogP contribution in [0.15, 0.2) is 17.4 Å². The summed E-state index contributed by atoms with van der Waals surface area (Å²) in [6, 6.07) is 1.97. The molecular formula is C13H20N4O2S2. The maximum atomic E-state index is 11.9. The zero-order valence-corrected chi connectivity index (χ0v) is 13.7. The van der Waals surface area contributed by atoms with Gasteiger partial charge in [0.15, 0.2) is 5.16 Å². The van der Waals surface area contributed by atoms with Crippen LogP contribution >= 0.6 is 11.8 Å². The summed E-state index contributed by atoms with van der Waals surface area (Å²) in [5, 5.41) is 0.630. The van der Waals surface area contributed by atoms with Crippen LogP contribution < -0.4 is 9.62 Å². The second kappa shape index (κ2) is 6.10. The standard InChI is InChI=1S/C13H20N4O2S2/c1-20-13-14-7-4-12(15-13)17-8-5-10(6-9-17)16-21(18,19)11-2-3-11/h4,7,10-11,16H,2-3,5-6,8-9H2,1H3. The Morgan fingerprint density at radius 1 is 1.29 bits per heavy atom. The Balaban J connectivity index is 1.57. The molecule has 1 aromatic heterocycles. The van der Waals surface area contributed by atoms with Crippen molar-refractivity contribution in [2.75, 3.05) is 24.2 Å². The van der Waals surface area contributed by atoms with E-state index in [1.165, 1.54) is 11.8 Å². The number of hydrogen-bond acceptors (Lipinski definition) is 6. The molecule has 2 aliphatic rings. The molecule has 1 aliphatic carbocycles. The first-order valence-corrected chi connectivity index (χ1v) is 9.99. The van der Waals surface area contributed by atoms with Crippen LogP contribution in [0.2, 0.25) is 0 Å². The van der Waals surface area contributed by atoms with Gasteiger partial charge in [0.25, 0.3) is 0 Å². The largest absolute Gasteiger partial charge is 0.356 e. The summed E-state index contributed by atoms with van der Waals surface area (Å²) < 4.78 is 26.8. The first-order chi connectivity index (χ1) is 10.1. The van der Waals surface area contributed by atoms with Gasteiger partial charge in [0.2, 0.25) is 10.0 Å². The predicted molar refractivity (Wildman–Crippen MR) is 84.1 cm³/mol. The van der Waals surface area contributed by atoms with Gasteiger partial charge < -0.3 is 4.90 Å². The van der Waals surface area contributed by atoms with E-state index in [9.17, 15) is 8.42 Å². The minimum Gasteiger partial charge on any atom is -0.356 e. The van der Waals surface area contributed by atoms with Crippen molar-refractivity contribution in [3.05, 3.63) is 12.3 Å². The lowest BCUT2D eigenvalue weighted by molar-refractivity contribution is 0.457. The Labute approximate surface area is 129 Å². The number of anilines is 1. The Morgan fingerprint density at radius 2 is 2.00 bits per heavy atom. The zero-order valence-electron chi connectivity index (χ0n) is 12.0. The van der Waals surface area contributed by atoms with Gasteiger partial charge in [0, 0.05) is 25.3 Å². The van der Waals surface area contributed by atoms with Gasteiger partial charge >= 0.3 is 0 Å². The summed E-state index contributed by atoms with van der Waals surface area (Å²) >= 11 is 1.52. The Kier molecular flexibility index (Phi) is 4.37. The van der Waals surface area contributed by atoms with Crippen molar-refractivity contribution in [3.8, 4) is 0 Å². The summed E-state index contributed by atoms with van der Waals surface area (Å²) in [6.07, 6.45) is 7.00. The van der Waals surface area contributed by atoms with Crippen molar-refractivity contribution in [1.82, 2.24) is 14.7 Å². The van der Waals surface area contributed by atoms with E-state index in [0.29, 0.717) is 0 Å². The maximum Gasteiger partial charge on any atom is 0.214 e. The van der Waals surface area contributed by atoms with Crippen LogP contribution in [0.5, 0.6) is 0 Å². The van der Waals surface area contributed by atoms with Crippen molar-refractivity contribution >= 4 is 27.6 Å². The number of rotatable bonds is 5. The van der Waals surface area contributed by atoms with Gasteiger partial charge in [-0.25, -0.2) is 23.1 Å². The SMILES string of the molecule is CSc1nccc(N2CCC(NS(=O)(=O)C3CC3)CC2)n1. The number of aromatic nitrogens is 2. The van der Waals surface area contributed by atoms with E-state index < -0.39 is 10.0 Å². The van der Waals surface area contributed by atoms with Crippen LogP contribution in [-0.2, 0) is 10.0 Å². The Bertz CT molecular complexity index is 596.